The summed E-state index contributed by atoms with van der Waals surface area (Å²) in [6, 6.07) is 6.46. The van der Waals surface area contributed by atoms with Gasteiger partial charge in [-0.3, -0.25) is 4.90 Å². The third-order valence-electron chi connectivity index (χ3n) is 3.43. The standard InChI is InChI=1S/C16H28N2O/c1-11(2)13-8-7-9-14(12(3)4)16(13)17-10-15(19)18(5)6/h7-9,11-12,15,17,19H,10H2,1-6H3. The zero-order valence-electron chi connectivity index (χ0n) is 13.1. The predicted octanol–water partition coefficient (Wildman–Crippen LogP) is 3.23. The molecule has 1 unspecified atom stereocenters. The Morgan fingerprint density at radius 2 is 1.53 bits per heavy atom. The van der Waals surface area contributed by atoms with Crippen molar-refractivity contribution < 1.29 is 5.11 Å². The first kappa shape index (κ1) is 16.0. The van der Waals surface area contributed by atoms with Gasteiger partial charge < -0.3 is 10.4 Å². The summed E-state index contributed by atoms with van der Waals surface area (Å²) in [6.07, 6.45) is -0.472. The summed E-state index contributed by atoms with van der Waals surface area (Å²) >= 11 is 0. The van der Waals surface area contributed by atoms with E-state index < -0.39 is 6.23 Å². The summed E-state index contributed by atoms with van der Waals surface area (Å²) < 4.78 is 0. The van der Waals surface area contributed by atoms with Crippen LogP contribution in [0.15, 0.2) is 18.2 Å². The van der Waals surface area contributed by atoms with Gasteiger partial charge >= 0.3 is 0 Å². The van der Waals surface area contributed by atoms with Crippen molar-refractivity contribution in [2.75, 3.05) is 26.0 Å². The Morgan fingerprint density at radius 1 is 1.05 bits per heavy atom. The molecule has 2 N–H and O–H groups in total. The molecule has 0 aliphatic carbocycles. The molecule has 1 atom stereocenters. The van der Waals surface area contributed by atoms with Gasteiger partial charge in [-0.2, -0.15) is 0 Å². The second-order valence-electron chi connectivity index (χ2n) is 5.95. The second-order valence-corrected chi connectivity index (χ2v) is 5.95. The average molecular weight is 264 g/mol. The highest BCUT2D eigenvalue weighted by molar-refractivity contribution is 5.60. The number of likely N-dealkylation sites (N-methyl/N-ethyl adjacent to an activating group) is 1. The number of para-hydroxylation sites is 1. The smallest absolute Gasteiger partial charge is 0.124 e. The lowest BCUT2D eigenvalue weighted by Gasteiger charge is -2.24. The van der Waals surface area contributed by atoms with Crippen molar-refractivity contribution >= 4 is 5.69 Å². The Morgan fingerprint density at radius 3 is 1.89 bits per heavy atom. The van der Waals surface area contributed by atoms with Gasteiger partial charge in [0.25, 0.3) is 0 Å². The molecule has 108 valence electrons. The highest BCUT2D eigenvalue weighted by Gasteiger charge is 2.15. The van der Waals surface area contributed by atoms with Gasteiger partial charge in [-0.05, 0) is 37.1 Å². The molecule has 0 heterocycles. The van der Waals surface area contributed by atoms with Crippen molar-refractivity contribution in [1.82, 2.24) is 4.90 Å². The number of anilines is 1. The van der Waals surface area contributed by atoms with Crippen LogP contribution in [0.3, 0.4) is 0 Å². The zero-order valence-corrected chi connectivity index (χ0v) is 13.1. The molecule has 3 nitrogen and oxygen atoms in total. The molecule has 0 saturated carbocycles. The molecule has 0 fully saturated rings. The van der Waals surface area contributed by atoms with E-state index in [0.717, 1.165) is 0 Å². The lowest BCUT2D eigenvalue weighted by Crippen LogP contribution is -2.34. The molecule has 1 rings (SSSR count). The largest absolute Gasteiger partial charge is 0.381 e. The summed E-state index contributed by atoms with van der Waals surface area (Å²) in [7, 11) is 3.76. The number of nitrogens with zero attached hydrogens (tertiary/aromatic N) is 1. The van der Waals surface area contributed by atoms with Crippen molar-refractivity contribution in [2.45, 2.75) is 45.8 Å². The van der Waals surface area contributed by atoms with Crippen LogP contribution in [0.4, 0.5) is 5.69 Å². The molecule has 0 aliphatic heterocycles. The highest BCUT2D eigenvalue weighted by atomic mass is 16.3. The molecule has 3 heteroatoms. The fourth-order valence-electron chi connectivity index (χ4n) is 2.13. The number of hydrogen-bond acceptors (Lipinski definition) is 3. The van der Waals surface area contributed by atoms with Crippen LogP contribution in [0.25, 0.3) is 0 Å². The van der Waals surface area contributed by atoms with Crippen molar-refractivity contribution in [3.8, 4) is 0 Å². The van der Waals surface area contributed by atoms with Crippen LogP contribution in [0.5, 0.6) is 0 Å². The number of aliphatic hydroxyl groups excluding tert-OH is 1. The van der Waals surface area contributed by atoms with Crippen LogP contribution in [0, 0.1) is 0 Å². The Bertz CT molecular complexity index is 373. The van der Waals surface area contributed by atoms with E-state index in [4.69, 9.17) is 0 Å². The van der Waals surface area contributed by atoms with Gasteiger partial charge in [-0.15, -0.1) is 0 Å². The Hall–Kier alpha value is -1.06. The normalized spacial score (nSPS) is 13.4. The van der Waals surface area contributed by atoms with Crippen LogP contribution >= 0.6 is 0 Å². The first-order chi connectivity index (χ1) is 8.84. The van der Waals surface area contributed by atoms with Crippen LogP contribution < -0.4 is 5.32 Å². The fraction of sp³-hybridized carbons (Fsp3) is 0.625. The molecule has 0 saturated heterocycles. The highest BCUT2D eigenvalue weighted by Crippen LogP contribution is 2.32. The average Bonchev–Trinajstić information content (AvgIpc) is 2.34. The Balaban J connectivity index is 3.01. The molecule has 0 aromatic heterocycles. The summed E-state index contributed by atoms with van der Waals surface area (Å²) in [6.45, 7) is 9.34. The topological polar surface area (TPSA) is 35.5 Å². The summed E-state index contributed by atoms with van der Waals surface area (Å²) in [5, 5.41) is 13.3. The van der Waals surface area contributed by atoms with E-state index in [9.17, 15) is 5.11 Å². The van der Waals surface area contributed by atoms with E-state index in [1.807, 2.05) is 14.1 Å². The molecular formula is C16H28N2O. The van der Waals surface area contributed by atoms with Crippen LogP contribution in [0.1, 0.15) is 50.7 Å². The van der Waals surface area contributed by atoms with Gasteiger partial charge in [0.15, 0.2) is 0 Å². The van der Waals surface area contributed by atoms with Gasteiger partial charge in [-0.1, -0.05) is 45.9 Å². The van der Waals surface area contributed by atoms with E-state index in [1.54, 1.807) is 4.90 Å². The maximum Gasteiger partial charge on any atom is 0.124 e. The van der Waals surface area contributed by atoms with Gasteiger partial charge in [-0.25, -0.2) is 0 Å². The van der Waals surface area contributed by atoms with Crippen molar-refractivity contribution in [3.63, 3.8) is 0 Å². The summed E-state index contributed by atoms with van der Waals surface area (Å²) in [5.74, 6) is 0.940. The van der Waals surface area contributed by atoms with E-state index in [1.165, 1.54) is 16.8 Å². The van der Waals surface area contributed by atoms with Gasteiger partial charge in [0.05, 0.1) is 6.54 Å². The first-order valence-electron chi connectivity index (χ1n) is 7.05. The monoisotopic (exact) mass is 264 g/mol. The van der Waals surface area contributed by atoms with Crippen LogP contribution in [-0.2, 0) is 0 Å². The maximum atomic E-state index is 9.91. The molecule has 1 aromatic carbocycles. The maximum absolute atomic E-state index is 9.91. The van der Waals surface area contributed by atoms with Gasteiger partial charge in [0, 0.05) is 5.69 Å². The lowest BCUT2D eigenvalue weighted by atomic mass is 9.92. The van der Waals surface area contributed by atoms with Gasteiger partial charge in [0.2, 0.25) is 0 Å². The van der Waals surface area contributed by atoms with Crippen molar-refractivity contribution in [3.05, 3.63) is 29.3 Å². The number of rotatable bonds is 6. The molecule has 19 heavy (non-hydrogen) atoms. The summed E-state index contributed by atoms with van der Waals surface area (Å²) in [4.78, 5) is 1.81. The molecular weight excluding hydrogens is 236 g/mol. The SMILES string of the molecule is CC(C)c1cccc(C(C)C)c1NCC(O)N(C)C. The number of benzene rings is 1. The van der Waals surface area contributed by atoms with Crippen LogP contribution in [-0.4, -0.2) is 36.9 Å². The van der Waals surface area contributed by atoms with E-state index in [-0.39, 0.29) is 0 Å². The minimum atomic E-state index is -0.472. The third kappa shape index (κ3) is 4.22. The van der Waals surface area contributed by atoms with Gasteiger partial charge in [0.1, 0.15) is 6.23 Å². The van der Waals surface area contributed by atoms with E-state index in [0.29, 0.717) is 18.4 Å². The first-order valence-corrected chi connectivity index (χ1v) is 7.05. The van der Waals surface area contributed by atoms with Crippen LogP contribution in [0.2, 0.25) is 0 Å². The molecule has 0 aliphatic rings. The minimum absolute atomic E-state index is 0.470. The third-order valence-corrected chi connectivity index (χ3v) is 3.43. The number of aliphatic hydroxyl groups is 1. The van der Waals surface area contributed by atoms with Crippen molar-refractivity contribution in [1.29, 1.82) is 0 Å². The molecule has 0 spiro atoms. The number of hydrogen-bond donors (Lipinski definition) is 2. The van der Waals surface area contributed by atoms with Crippen molar-refractivity contribution in [2.24, 2.45) is 0 Å². The predicted molar refractivity (Wildman–Crippen MR) is 82.8 cm³/mol. The molecule has 0 amide bonds. The lowest BCUT2D eigenvalue weighted by molar-refractivity contribution is 0.0523. The Kier molecular flexibility index (Phi) is 5.83. The minimum Gasteiger partial charge on any atom is -0.381 e. The van der Waals surface area contributed by atoms with E-state index in [2.05, 4.69) is 51.2 Å². The Labute approximate surface area is 117 Å². The van der Waals surface area contributed by atoms with E-state index >= 15 is 0 Å². The molecule has 1 aromatic rings. The second kappa shape index (κ2) is 6.92. The fourth-order valence-corrected chi connectivity index (χ4v) is 2.13. The molecule has 0 radical (unpaired) electrons. The zero-order chi connectivity index (χ0) is 14.6. The quantitative estimate of drug-likeness (QED) is 0.774. The molecule has 0 bridgehead atoms. The number of nitrogens with one attached hydrogen (secondary N) is 1. The summed E-state index contributed by atoms with van der Waals surface area (Å²) in [5.41, 5.74) is 3.82.